The van der Waals surface area contributed by atoms with Crippen molar-refractivity contribution in [2.24, 2.45) is 6.98 Å². The smallest absolute Gasteiger partial charge is 0.411 e. The van der Waals surface area contributed by atoms with Gasteiger partial charge in [0.2, 0.25) is 0 Å². The Bertz CT molecular complexity index is 1690. The van der Waals surface area contributed by atoms with Crippen LogP contribution in [0.4, 0.5) is 10.5 Å². The first-order chi connectivity index (χ1) is 20.7. The van der Waals surface area contributed by atoms with Gasteiger partial charge < -0.3 is 19.1 Å². The largest absolute Gasteiger partial charge is 0.496 e. The maximum absolute atomic E-state index is 12.9. The zero-order chi connectivity index (χ0) is 35.1. The van der Waals surface area contributed by atoms with E-state index >= 15 is 0 Å². The summed E-state index contributed by atoms with van der Waals surface area (Å²) in [4.78, 5) is 24.3. The number of nitrogens with zero attached hydrogens (tertiary/aromatic N) is 1. The molecule has 0 saturated heterocycles. The van der Waals surface area contributed by atoms with Crippen LogP contribution in [0.25, 0.3) is 10.9 Å². The number of carbonyl (C=O) groups excluding carboxylic acids is 1. The molecule has 4 rings (SSSR count). The Kier molecular flexibility index (Phi) is 2.63. The minimum Gasteiger partial charge on any atom is -0.496 e. The molecule has 0 aliphatic heterocycles. The van der Waals surface area contributed by atoms with Crippen molar-refractivity contribution in [2.75, 3.05) is 12.4 Å². The van der Waals surface area contributed by atoms with Crippen molar-refractivity contribution in [3.05, 3.63) is 59.3 Å². The van der Waals surface area contributed by atoms with Gasteiger partial charge in [-0.2, -0.15) is 0 Å². The normalized spacial score (nSPS) is 29.5. The summed E-state index contributed by atoms with van der Waals surface area (Å²) in [5.74, 6) is -1.67. The van der Waals surface area contributed by atoms with Crippen molar-refractivity contribution < 1.29 is 44.7 Å². The van der Waals surface area contributed by atoms with Gasteiger partial charge >= 0.3 is 12.1 Å². The monoisotopic (exact) mass is 437 g/mol. The van der Waals surface area contributed by atoms with Crippen molar-refractivity contribution in [1.29, 1.82) is 0 Å². The highest BCUT2D eigenvalue weighted by atomic mass is 16.6. The summed E-state index contributed by atoms with van der Waals surface area (Å²) in [6.07, 6.45) is -18.8. The molecular formula is C24H26N2O5. The highest BCUT2D eigenvalue weighted by Crippen LogP contribution is 2.30. The lowest BCUT2D eigenvalue weighted by molar-refractivity contribution is 0.0696. The lowest BCUT2D eigenvalue weighted by Crippen LogP contribution is -2.20. The Morgan fingerprint density at radius 1 is 1.26 bits per heavy atom. The molecule has 3 aromatic rings. The maximum atomic E-state index is 12.9. The number of hydrogen-bond donors (Lipinski definition) is 2. The van der Waals surface area contributed by atoms with E-state index in [0.29, 0.717) is 0 Å². The number of hydrogen-bond acceptors (Lipinski definition) is 4. The van der Waals surface area contributed by atoms with Gasteiger partial charge in [0, 0.05) is 51.3 Å². The van der Waals surface area contributed by atoms with Crippen molar-refractivity contribution >= 4 is 28.7 Å². The molecule has 1 fully saturated rings. The summed E-state index contributed by atoms with van der Waals surface area (Å²) in [5.41, 5.74) is 0.0895. The van der Waals surface area contributed by atoms with Gasteiger partial charge in [-0.05, 0) is 67.0 Å². The number of aryl methyl sites for hydroxylation is 1. The molecule has 2 aromatic carbocycles. The summed E-state index contributed by atoms with van der Waals surface area (Å²) in [7, 11) is -2.96. The third kappa shape index (κ3) is 4.50. The van der Waals surface area contributed by atoms with Crippen LogP contribution in [0.15, 0.2) is 42.6 Å². The predicted molar refractivity (Wildman–Crippen MR) is 118 cm³/mol. The quantitative estimate of drug-likeness (QED) is 0.568. The molecular weight excluding hydrogens is 396 g/mol. The molecule has 1 saturated carbocycles. The Morgan fingerprint density at radius 2 is 2.10 bits per heavy atom. The molecule has 0 unspecified atom stereocenters. The van der Waals surface area contributed by atoms with Crippen LogP contribution in [0.1, 0.15) is 67.5 Å². The molecule has 2 N–H and O–H groups in total. The molecule has 1 aliphatic carbocycles. The van der Waals surface area contributed by atoms with E-state index < -0.39 is 57.6 Å². The molecule has 7 heteroatoms. The molecule has 0 spiro atoms. The first-order valence-electron chi connectivity index (χ1n) is 16.4. The van der Waals surface area contributed by atoms with Crippen molar-refractivity contribution in [1.82, 2.24) is 4.57 Å². The van der Waals surface area contributed by atoms with Gasteiger partial charge in [-0.25, -0.2) is 9.59 Å². The summed E-state index contributed by atoms with van der Waals surface area (Å²) in [6.45, 7) is -2.72. The van der Waals surface area contributed by atoms with Crippen LogP contribution in [-0.4, -0.2) is 34.9 Å². The van der Waals surface area contributed by atoms with Crippen LogP contribution < -0.4 is 10.1 Å². The zero-order valence-corrected chi connectivity index (χ0v) is 15.8. The summed E-state index contributed by atoms with van der Waals surface area (Å²) in [6, 6.07) is 7.20. The summed E-state index contributed by atoms with van der Waals surface area (Å²) >= 11 is 0. The Balaban J connectivity index is 1.74. The fraction of sp³-hybridized carbons (Fsp3) is 0.333. The molecule has 1 aliphatic rings. The highest BCUT2D eigenvalue weighted by Gasteiger charge is 2.19. The average molecular weight is 438 g/mol. The second-order valence-corrected chi connectivity index (χ2v) is 6.51. The highest BCUT2D eigenvalue weighted by molar-refractivity contribution is 5.92. The molecule has 7 nitrogen and oxygen atoms in total. The number of carboxylic acids is 1. The molecule has 1 aromatic heterocycles. The number of aromatic nitrogens is 1. The molecule has 1 heterocycles. The van der Waals surface area contributed by atoms with E-state index in [1.165, 1.54) is 36.5 Å². The fourth-order valence-corrected chi connectivity index (χ4v) is 3.15. The molecule has 31 heavy (non-hydrogen) atoms. The van der Waals surface area contributed by atoms with E-state index in [0.717, 1.165) is 10.6 Å². The second kappa shape index (κ2) is 8.71. The summed E-state index contributed by atoms with van der Waals surface area (Å²) in [5, 5.41) is 11.7. The standard InChI is InChI=1S/C24H26N2O5/c1-26-14-17(11-15-7-8-16(23(27)28)12-22(15)30-2)20-13-18(9-10-21(20)26)25-24(29)31-19-5-3-4-6-19/h7-10,12-14,19H,3-6,11H2,1-2H3,(H,25,29)(H,27,28)/i1D3,2D3,3D2,4D2,5D2,6D2,19D. The third-order valence-electron chi connectivity index (χ3n) is 4.55. The van der Waals surface area contributed by atoms with E-state index in [-0.39, 0.29) is 45.5 Å². The van der Waals surface area contributed by atoms with Crippen molar-refractivity contribution in [3.63, 3.8) is 0 Å². The van der Waals surface area contributed by atoms with Crippen LogP contribution >= 0.6 is 0 Å². The molecule has 162 valence electrons. The maximum Gasteiger partial charge on any atom is 0.411 e. The lowest BCUT2D eigenvalue weighted by atomic mass is 10.0. The van der Waals surface area contributed by atoms with Crippen LogP contribution in [0.5, 0.6) is 5.75 Å². The van der Waals surface area contributed by atoms with Gasteiger partial charge in [0.25, 0.3) is 0 Å². The molecule has 0 radical (unpaired) electrons. The summed E-state index contributed by atoms with van der Waals surface area (Å²) < 4.78 is 129. The molecule has 0 bridgehead atoms. The first-order valence-corrected chi connectivity index (χ1v) is 8.88. The van der Waals surface area contributed by atoms with Crippen molar-refractivity contribution in [3.8, 4) is 5.75 Å². The van der Waals surface area contributed by atoms with E-state index in [4.69, 9.17) is 30.0 Å². The number of aromatic carboxylic acids is 1. The van der Waals surface area contributed by atoms with Gasteiger partial charge in [-0.3, -0.25) is 5.32 Å². The third-order valence-corrected chi connectivity index (χ3v) is 4.55. The average Bonchev–Trinajstić information content (AvgIpc) is 3.27. The van der Waals surface area contributed by atoms with Crippen LogP contribution in [0.2, 0.25) is 0 Å². The van der Waals surface area contributed by atoms with Crippen LogP contribution in [-0.2, 0) is 18.1 Å². The topological polar surface area (TPSA) is 89.8 Å². The van der Waals surface area contributed by atoms with E-state index in [2.05, 4.69) is 5.32 Å². The number of anilines is 1. The first kappa shape index (κ1) is 9.34. The number of benzene rings is 2. The Labute approximate surface area is 201 Å². The number of ether oxygens (including phenoxy) is 2. The fourth-order valence-electron chi connectivity index (χ4n) is 3.15. The molecule has 1 amide bonds. The Morgan fingerprint density at radius 3 is 2.84 bits per heavy atom. The minimum absolute atomic E-state index is 0.108. The number of rotatable bonds is 6. The van der Waals surface area contributed by atoms with Gasteiger partial charge in [0.05, 0.1) is 18.1 Å². The number of methoxy groups -OCH3 is 1. The van der Waals surface area contributed by atoms with Crippen LogP contribution in [0.3, 0.4) is 0 Å². The van der Waals surface area contributed by atoms with Gasteiger partial charge in [0.1, 0.15) is 11.8 Å². The molecule has 0 atom stereocenters. The van der Waals surface area contributed by atoms with Crippen LogP contribution in [0, 0.1) is 0 Å². The SMILES string of the molecule is [2H]C([2H])([2H])Oc1cc(C(=O)O)ccc1Cc1cn(C([2H])([2H])[2H])c2ccc(NC(=O)OC3([2H])C([2H])([2H])C([2H])([2H])C([2H])([2H])C3([2H])[2H])cc12. The van der Waals surface area contributed by atoms with Gasteiger partial charge in [-0.15, -0.1) is 0 Å². The van der Waals surface area contributed by atoms with Crippen molar-refractivity contribution in [2.45, 2.75) is 38.0 Å². The lowest BCUT2D eigenvalue weighted by Gasteiger charge is -2.12. The number of nitrogens with one attached hydrogen (secondary N) is 1. The van der Waals surface area contributed by atoms with E-state index in [1.807, 2.05) is 0 Å². The number of amides is 1. The van der Waals surface area contributed by atoms with E-state index in [1.54, 1.807) is 0 Å². The number of carboxylic acid groups (broad SMARTS) is 1. The van der Waals surface area contributed by atoms with Gasteiger partial charge in [0.15, 0.2) is 0 Å². The predicted octanol–water partition coefficient (Wildman–Crippen LogP) is 4.97. The van der Waals surface area contributed by atoms with E-state index in [9.17, 15) is 14.7 Å². The number of fused-ring (bicyclic) bond motifs is 1. The zero-order valence-electron chi connectivity index (χ0n) is 30.8. The number of carbonyl (C=O) groups is 2. The second-order valence-electron chi connectivity index (χ2n) is 6.51. The Hall–Kier alpha value is -3.48. The van der Waals surface area contributed by atoms with Gasteiger partial charge in [-0.1, -0.05) is 6.07 Å². The minimum atomic E-state index is -3.70.